The van der Waals surface area contributed by atoms with Crippen LogP contribution in [0, 0.1) is 6.92 Å². The molecule has 0 saturated heterocycles. The second-order valence-corrected chi connectivity index (χ2v) is 5.67. The number of hydrogen-bond acceptors (Lipinski definition) is 2. The van der Waals surface area contributed by atoms with Gasteiger partial charge in [-0.2, -0.15) is 0 Å². The Labute approximate surface area is 133 Å². The fraction of sp³-hybridized carbons (Fsp3) is 0.235. The molecule has 2 aromatic carbocycles. The van der Waals surface area contributed by atoms with Gasteiger partial charge in [-0.3, -0.25) is 4.79 Å². The maximum Gasteiger partial charge on any atom is 0.262 e. The van der Waals surface area contributed by atoms with Crippen molar-refractivity contribution >= 4 is 27.5 Å². The molecule has 0 aliphatic heterocycles. The first-order chi connectivity index (χ1) is 10.1. The van der Waals surface area contributed by atoms with Gasteiger partial charge in [-0.1, -0.05) is 30.7 Å². The minimum absolute atomic E-state index is 0.00890. The third kappa shape index (κ3) is 4.60. The first-order valence-corrected chi connectivity index (χ1v) is 7.65. The topological polar surface area (TPSA) is 38.3 Å². The van der Waals surface area contributed by atoms with Gasteiger partial charge in [0.25, 0.3) is 5.91 Å². The highest BCUT2D eigenvalue weighted by Gasteiger charge is 2.07. The highest BCUT2D eigenvalue weighted by atomic mass is 79.9. The number of aryl methyl sites for hydroxylation is 2. The van der Waals surface area contributed by atoms with Gasteiger partial charge in [0.05, 0.1) is 5.69 Å². The van der Waals surface area contributed by atoms with Gasteiger partial charge in [0.1, 0.15) is 5.75 Å². The number of carbonyl (C=O) groups is 1. The Balaban J connectivity index is 1.91. The molecule has 110 valence electrons. The zero-order valence-electron chi connectivity index (χ0n) is 12.2. The number of halogens is 1. The maximum atomic E-state index is 11.9. The number of rotatable bonds is 5. The lowest BCUT2D eigenvalue weighted by Crippen LogP contribution is -2.20. The molecule has 2 aromatic rings. The fourth-order valence-corrected chi connectivity index (χ4v) is 2.37. The molecule has 0 aliphatic rings. The smallest absolute Gasteiger partial charge is 0.262 e. The molecular weight excluding hydrogens is 330 g/mol. The molecule has 0 saturated carbocycles. The molecule has 1 N–H and O–H groups in total. The number of anilines is 1. The summed E-state index contributed by atoms with van der Waals surface area (Å²) in [5, 5.41) is 2.83. The van der Waals surface area contributed by atoms with E-state index in [-0.39, 0.29) is 12.5 Å². The van der Waals surface area contributed by atoms with Crippen molar-refractivity contribution < 1.29 is 9.53 Å². The molecule has 0 bridgehead atoms. The summed E-state index contributed by atoms with van der Waals surface area (Å²) in [6, 6.07) is 13.5. The summed E-state index contributed by atoms with van der Waals surface area (Å²) in [5.41, 5.74) is 3.13. The Morgan fingerprint density at radius 1 is 1.19 bits per heavy atom. The highest BCUT2D eigenvalue weighted by molar-refractivity contribution is 9.10. The fourth-order valence-electron chi connectivity index (χ4n) is 1.85. The van der Waals surface area contributed by atoms with E-state index in [1.165, 1.54) is 5.56 Å². The first-order valence-electron chi connectivity index (χ1n) is 6.86. The van der Waals surface area contributed by atoms with Gasteiger partial charge in [-0.25, -0.2) is 0 Å². The molecule has 3 nitrogen and oxygen atoms in total. The maximum absolute atomic E-state index is 11.9. The van der Waals surface area contributed by atoms with Crippen LogP contribution < -0.4 is 10.1 Å². The van der Waals surface area contributed by atoms with Crippen molar-refractivity contribution in [2.24, 2.45) is 0 Å². The number of hydrogen-bond donors (Lipinski definition) is 1. The number of ether oxygens (including phenoxy) is 1. The van der Waals surface area contributed by atoms with Gasteiger partial charge in [0, 0.05) is 4.47 Å². The van der Waals surface area contributed by atoms with Gasteiger partial charge < -0.3 is 10.1 Å². The Morgan fingerprint density at radius 3 is 2.52 bits per heavy atom. The van der Waals surface area contributed by atoms with Gasteiger partial charge in [-0.15, -0.1) is 0 Å². The van der Waals surface area contributed by atoms with Crippen molar-refractivity contribution in [3.8, 4) is 5.75 Å². The van der Waals surface area contributed by atoms with E-state index in [2.05, 4.69) is 28.2 Å². The first kappa shape index (κ1) is 15.6. The average molecular weight is 348 g/mol. The monoisotopic (exact) mass is 347 g/mol. The Morgan fingerprint density at radius 2 is 1.90 bits per heavy atom. The van der Waals surface area contributed by atoms with Crippen LogP contribution in [0.2, 0.25) is 0 Å². The standard InChI is InChI=1S/C17H18BrNO2/c1-3-13-6-9-16(15(18)10-13)19-17(20)11-21-14-7-4-12(2)5-8-14/h4-10H,3,11H2,1-2H3,(H,19,20). The van der Waals surface area contributed by atoms with Crippen molar-refractivity contribution in [3.05, 3.63) is 58.1 Å². The van der Waals surface area contributed by atoms with E-state index in [1.807, 2.05) is 49.4 Å². The molecule has 1 amide bonds. The van der Waals surface area contributed by atoms with Gasteiger partial charge in [0.15, 0.2) is 6.61 Å². The van der Waals surface area contributed by atoms with Crippen LogP contribution in [0.1, 0.15) is 18.1 Å². The lowest BCUT2D eigenvalue weighted by Gasteiger charge is -2.10. The number of carbonyl (C=O) groups excluding carboxylic acids is 1. The molecule has 0 spiro atoms. The molecule has 21 heavy (non-hydrogen) atoms. The molecule has 0 fully saturated rings. The van der Waals surface area contributed by atoms with E-state index >= 15 is 0 Å². The molecule has 0 heterocycles. The third-order valence-corrected chi connectivity index (χ3v) is 3.76. The Kier molecular flexibility index (Phi) is 5.39. The van der Waals surface area contributed by atoms with E-state index < -0.39 is 0 Å². The van der Waals surface area contributed by atoms with Crippen LogP contribution in [-0.4, -0.2) is 12.5 Å². The molecule has 2 rings (SSSR count). The van der Waals surface area contributed by atoms with Crippen LogP contribution in [0.25, 0.3) is 0 Å². The minimum atomic E-state index is -0.180. The van der Waals surface area contributed by atoms with Crippen molar-refractivity contribution in [1.82, 2.24) is 0 Å². The van der Waals surface area contributed by atoms with E-state index in [0.29, 0.717) is 5.75 Å². The molecule has 0 unspecified atom stereocenters. The van der Waals surface area contributed by atoms with Crippen molar-refractivity contribution in [1.29, 1.82) is 0 Å². The minimum Gasteiger partial charge on any atom is -0.484 e. The lowest BCUT2D eigenvalue weighted by molar-refractivity contribution is -0.118. The normalized spacial score (nSPS) is 10.2. The van der Waals surface area contributed by atoms with Crippen LogP contribution in [0.4, 0.5) is 5.69 Å². The Hall–Kier alpha value is -1.81. The van der Waals surface area contributed by atoms with Crippen LogP contribution in [0.3, 0.4) is 0 Å². The van der Waals surface area contributed by atoms with Gasteiger partial charge in [-0.05, 0) is 59.1 Å². The Bertz CT molecular complexity index is 623. The lowest BCUT2D eigenvalue weighted by atomic mass is 10.1. The number of benzene rings is 2. The molecule has 0 aliphatic carbocycles. The molecular formula is C17H18BrNO2. The zero-order chi connectivity index (χ0) is 15.2. The molecule has 4 heteroatoms. The largest absolute Gasteiger partial charge is 0.484 e. The van der Waals surface area contributed by atoms with E-state index in [4.69, 9.17) is 4.74 Å². The molecule has 0 aromatic heterocycles. The van der Waals surface area contributed by atoms with E-state index in [1.54, 1.807) is 0 Å². The summed E-state index contributed by atoms with van der Waals surface area (Å²) >= 11 is 3.46. The average Bonchev–Trinajstić information content (AvgIpc) is 2.48. The highest BCUT2D eigenvalue weighted by Crippen LogP contribution is 2.24. The summed E-state index contributed by atoms with van der Waals surface area (Å²) in [6.07, 6.45) is 0.962. The van der Waals surface area contributed by atoms with Crippen molar-refractivity contribution in [2.45, 2.75) is 20.3 Å². The third-order valence-electron chi connectivity index (χ3n) is 3.11. The molecule has 0 atom stereocenters. The zero-order valence-corrected chi connectivity index (χ0v) is 13.7. The van der Waals surface area contributed by atoms with Crippen LogP contribution in [-0.2, 0) is 11.2 Å². The van der Waals surface area contributed by atoms with E-state index in [9.17, 15) is 4.79 Å². The van der Waals surface area contributed by atoms with Crippen molar-refractivity contribution in [2.75, 3.05) is 11.9 Å². The molecule has 0 radical (unpaired) electrons. The second kappa shape index (κ2) is 7.27. The predicted octanol–water partition coefficient (Wildman–Crippen LogP) is 4.34. The van der Waals surface area contributed by atoms with E-state index in [0.717, 1.165) is 22.1 Å². The number of amides is 1. The number of nitrogens with one attached hydrogen (secondary N) is 1. The summed E-state index contributed by atoms with van der Waals surface area (Å²) in [5.74, 6) is 0.511. The predicted molar refractivity (Wildman–Crippen MR) is 88.8 cm³/mol. The summed E-state index contributed by atoms with van der Waals surface area (Å²) in [6.45, 7) is 4.09. The summed E-state index contributed by atoms with van der Waals surface area (Å²) in [4.78, 5) is 11.9. The van der Waals surface area contributed by atoms with Gasteiger partial charge >= 0.3 is 0 Å². The van der Waals surface area contributed by atoms with Crippen LogP contribution in [0.15, 0.2) is 46.9 Å². The van der Waals surface area contributed by atoms with Gasteiger partial charge in [0.2, 0.25) is 0 Å². The summed E-state index contributed by atoms with van der Waals surface area (Å²) < 4.78 is 6.33. The second-order valence-electron chi connectivity index (χ2n) is 4.82. The SMILES string of the molecule is CCc1ccc(NC(=O)COc2ccc(C)cc2)c(Br)c1. The van der Waals surface area contributed by atoms with Crippen molar-refractivity contribution in [3.63, 3.8) is 0 Å². The quantitative estimate of drug-likeness (QED) is 0.873. The van der Waals surface area contributed by atoms with Crippen LogP contribution >= 0.6 is 15.9 Å². The summed E-state index contributed by atoms with van der Waals surface area (Å²) in [7, 11) is 0. The van der Waals surface area contributed by atoms with Crippen LogP contribution in [0.5, 0.6) is 5.75 Å².